The van der Waals surface area contributed by atoms with Crippen LogP contribution in [-0.2, 0) is 4.79 Å². The molecule has 9 heteroatoms. The molecule has 7 nitrogen and oxygen atoms in total. The van der Waals surface area contributed by atoms with Crippen LogP contribution in [0.1, 0.15) is 5.56 Å². The molecule has 0 aliphatic rings. The lowest BCUT2D eigenvalue weighted by molar-refractivity contribution is -0.113. The highest BCUT2D eigenvalue weighted by Gasteiger charge is 2.09. The summed E-state index contributed by atoms with van der Waals surface area (Å²) in [6.45, 7) is 1.84. The van der Waals surface area contributed by atoms with Crippen LogP contribution in [0.25, 0.3) is 0 Å². The molecule has 1 heterocycles. The van der Waals surface area contributed by atoms with E-state index < -0.39 is 5.56 Å². The van der Waals surface area contributed by atoms with Crippen molar-refractivity contribution in [3.05, 3.63) is 45.3 Å². The van der Waals surface area contributed by atoms with Crippen LogP contribution in [0, 0.1) is 6.92 Å². The largest absolute Gasteiger partial charge is 0.334 e. The van der Waals surface area contributed by atoms with Crippen molar-refractivity contribution in [2.45, 2.75) is 12.1 Å². The zero-order valence-electron chi connectivity index (χ0n) is 11.0. The van der Waals surface area contributed by atoms with E-state index in [-0.39, 0.29) is 16.8 Å². The van der Waals surface area contributed by atoms with Crippen molar-refractivity contribution in [1.29, 1.82) is 0 Å². The first-order chi connectivity index (χ1) is 9.97. The molecule has 0 radical (unpaired) electrons. The number of aryl methyl sites for hydroxylation is 1. The summed E-state index contributed by atoms with van der Waals surface area (Å²) in [5.41, 5.74) is 1.05. The van der Waals surface area contributed by atoms with Crippen molar-refractivity contribution in [2.24, 2.45) is 0 Å². The maximum atomic E-state index is 11.9. The number of carbonyl (C=O) groups is 1. The molecule has 110 valence electrons. The zero-order chi connectivity index (χ0) is 15.4. The Morgan fingerprint density at radius 2 is 2.29 bits per heavy atom. The fourth-order valence-corrected chi connectivity index (χ4v) is 2.41. The molecule has 2 aromatic rings. The van der Waals surface area contributed by atoms with Crippen LogP contribution in [0.5, 0.6) is 0 Å². The van der Waals surface area contributed by atoms with Crippen molar-refractivity contribution in [3.63, 3.8) is 0 Å². The van der Waals surface area contributed by atoms with E-state index in [9.17, 15) is 9.59 Å². The number of rotatable bonds is 4. The number of nitrogens with one attached hydrogen (secondary N) is 1. The van der Waals surface area contributed by atoms with Crippen LogP contribution in [0.4, 0.5) is 5.69 Å². The molecule has 0 fully saturated rings. The van der Waals surface area contributed by atoms with Gasteiger partial charge in [0, 0.05) is 10.7 Å². The molecule has 0 spiro atoms. The standard InChI is InChI=1S/C12H12ClN5O2S/c1-7-4-8(13)2-3-9(7)16-10(19)6-21-12-17-15-5-11(20)18(12)14/h2-5H,6,14H2,1H3,(H,16,19). The van der Waals surface area contributed by atoms with Gasteiger partial charge in [-0.05, 0) is 30.7 Å². The first-order valence-corrected chi connectivity index (χ1v) is 7.22. The van der Waals surface area contributed by atoms with Gasteiger partial charge in [-0.1, -0.05) is 23.4 Å². The smallest absolute Gasteiger partial charge is 0.291 e. The Labute approximate surface area is 129 Å². The third-order valence-electron chi connectivity index (χ3n) is 2.55. The Bertz CT molecular complexity index is 734. The van der Waals surface area contributed by atoms with Crippen molar-refractivity contribution in [3.8, 4) is 0 Å². The highest BCUT2D eigenvalue weighted by molar-refractivity contribution is 7.99. The fourth-order valence-electron chi connectivity index (χ4n) is 1.51. The van der Waals surface area contributed by atoms with Crippen molar-refractivity contribution >= 4 is 35.0 Å². The maximum absolute atomic E-state index is 11.9. The number of hydrogen-bond donors (Lipinski definition) is 2. The molecule has 3 N–H and O–H groups in total. The molecule has 1 amide bonds. The van der Waals surface area contributed by atoms with Gasteiger partial charge in [0.05, 0.1) is 5.75 Å². The summed E-state index contributed by atoms with van der Waals surface area (Å²) >= 11 is 6.87. The molecule has 0 atom stereocenters. The summed E-state index contributed by atoms with van der Waals surface area (Å²) in [4.78, 5) is 23.1. The number of nitrogens with two attached hydrogens (primary N) is 1. The van der Waals surface area contributed by atoms with Crippen LogP contribution in [0.3, 0.4) is 0 Å². The summed E-state index contributed by atoms with van der Waals surface area (Å²) in [6, 6.07) is 5.17. The maximum Gasteiger partial charge on any atom is 0.291 e. The van der Waals surface area contributed by atoms with Crippen molar-refractivity contribution in [1.82, 2.24) is 14.9 Å². The average molecular weight is 326 g/mol. The van der Waals surface area contributed by atoms with Crippen LogP contribution in [-0.4, -0.2) is 26.5 Å². The molecule has 2 rings (SSSR count). The fraction of sp³-hybridized carbons (Fsp3) is 0.167. The molecular weight excluding hydrogens is 314 g/mol. The Kier molecular flexibility index (Phi) is 4.81. The van der Waals surface area contributed by atoms with Crippen molar-refractivity contribution in [2.75, 3.05) is 16.9 Å². The van der Waals surface area contributed by atoms with Gasteiger partial charge in [-0.2, -0.15) is 9.77 Å². The predicted molar refractivity (Wildman–Crippen MR) is 82.0 cm³/mol. The second kappa shape index (κ2) is 6.59. The summed E-state index contributed by atoms with van der Waals surface area (Å²) < 4.78 is 0.846. The molecule has 0 aliphatic heterocycles. The molecular formula is C12H12ClN5O2S. The van der Waals surface area contributed by atoms with Gasteiger partial charge in [-0.3, -0.25) is 9.59 Å². The molecule has 0 saturated carbocycles. The van der Waals surface area contributed by atoms with Gasteiger partial charge in [0.25, 0.3) is 5.56 Å². The number of benzene rings is 1. The number of aromatic nitrogens is 3. The first-order valence-electron chi connectivity index (χ1n) is 5.86. The minimum absolute atomic E-state index is 0.0530. The van der Waals surface area contributed by atoms with Gasteiger partial charge in [0.1, 0.15) is 6.20 Å². The SMILES string of the molecule is Cc1cc(Cl)ccc1NC(=O)CSc1nncc(=O)n1N. The van der Waals surface area contributed by atoms with Crippen LogP contribution < -0.4 is 16.7 Å². The second-order valence-corrected chi connectivity index (χ2v) is 5.51. The molecule has 21 heavy (non-hydrogen) atoms. The third kappa shape index (κ3) is 3.96. The Hall–Kier alpha value is -2.06. The number of nitrogens with zero attached hydrogens (tertiary/aromatic N) is 3. The molecule has 0 unspecified atom stereocenters. The van der Waals surface area contributed by atoms with E-state index in [1.54, 1.807) is 18.2 Å². The zero-order valence-corrected chi connectivity index (χ0v) is 12.6. The first kappa shape index (κ1) is 15.3. The Balaban J connectivity index is 1.99. The number of anilines is 1. The normalized spacial score (nSPS) is 10.4. The quantitative estimate of drug-likeness (QED) is 0.643. The molecule has 0 bridgehead atoms. The van der Waals surface area contributed by atoms with Gasteiger partial charge in [-0.15, -0.1) is 5.10 Å². The lowest BCUT2D eigenvalue weighted by Crippen LogP contribution is -2.30. The predicted octanol–water partition coefficient (Wildman–Crippen LogP) is 1.04. The minimum atomic E-state index is -0.485. The topological polar surface area (TPSA) is 103 Å². The summed E-state index contributed by atoms with van der Waals surface area (Å²) in [5.74, 6) is 5.30. The average Bonchev–Trinajstić information content (AvgIpc) is 2.43. The Morgan fingerprint density at radius 1 is 1.52 bits per heavy atom. The van der Waals surface area contributed by atoms with E-state index in [0.29, 0.717) is 10.7 Å². The monoisotopic (exact) mass is 325 g/mol. The van der Waals surface area contributed by atoms with E-state index in [0.717, 1.165) is 28.2 Å². The van der Waals surface area contributed by atoms with Gasteiger partial charge in [0.2, 0.25) is 11.1 Å². The summed E-state index contributed by atoms with van der Waals surface area (Å²) in [6.07, 6.45) is 1.00. The molecule has 1 aromatic heterocycles. The number of halogens is 1. The number of hydrogen-bond acceptors (Lipinski definition) is 6. The molecule has 1 aromatic carbocycles. The van der Waals surface area contributed by atoms with Gasteiger partial charge in [0.15, 0.2) is 0 Å². The Morgan fingerprint density at radius 3 is 3.00 bits per heavy atom. The lowest BCUT2D eigenvalue weighted by atomic mass is 10.2. The van der Waals surface area contributed by atoms with E-state index >= 15 is 0 Å². The molecule has 0 saturated heterocycles. The van der Waals surface area contributed by atoms with Gasteiger partial charge < -0.3 is 11.2 Å². The third-order valence-corrected chi connectivity index (χ3v) is 3.73. The number of thioether (sulfide) groups is 1. The van der Waals surface area contributed by atoms with E-state index in [4.69, 9.17) is 17.4 Å². The highest BCUT2D eigenvalue weighted by atomic mass is 35.5. The van der Waals surface area contributed by atoms with Crippen LogP contribution in [0.2, 0.25) is 5.02 Å². The van der Waals surface area contributed by atoms with E-state index in [1.807, 2.05) is 6.92 Å². The number of nitrogen functional groups attached to an aromatic ring is 1. The summed E-state index contributed by atoms with van der Waals surface area (Å²) in [5, 5.41) is 10.7. The van der Waals surface area contributed by atoms with Crippen molar-refractivity contribution < 1.29 is 4.79 Å². The van der Waals surface area contributed by atoms with E-state index in [1.165, 1.54) is 0 Å². The van der Waals surface area contributed by atoms with E-state index in [2.05, 4.69) is 15.5 Å². The number of amides is 1. The number of carbonyl (C=O) groups excluding carboxylic acids is 1. The van der Waals surface area contributed by atoms with Gasteiger partial charge >= 0.3 is 0 Å². The highest BCUT2D eigenvalue weighted by Crippen LogP contribution is 2.20. The van der Waals surface area contributed by atoms with Crippen LogP contribution >= 0.6 is 23.4 Å². The summed E-state index contributed by atoms with van der Waals surface area (Å²) in [7, 11) is 0. The van der Waals surface area contributed by atoms with Crippen LogP contribution in [0.15, 0.2) is 34.3 Å². The molecule has 0 aliphatic carbocycles. The van der Waals surface area contributed by atoms with Gasteiger partial charge in [-0.25, -0.2) is 0 Å². The second-order valence-electron chi connectivity index (χ2n) is 4.13. The minimum Gasteiger partial charge on any atom is -0.334 e. The lowest BCUT2D eigenvalue weighted by Gasteiger charge is -2.09.